The highest BCUT2D eigenvalue weighted by atomic mass is 32.1. The lowest BCUT2D eigenvalue weighted by Crippen LogP contribution is -2.29. The molecule has 0 atom stereocenters. The zero-order valence-corrected chi connectivity index (χ0v) is 19.7. The number of benzene rings is 1. The minimum Gasteiger partial charge on any atom is -0.339 e. The Balaban J connectivity index is 1.78. The zero-order valence-electron chi connectivity index (χ0n) is 18.9. The molecule has 2 N–H and O–H groups in total. The number of nitrogens with one attached hydrogen (secondary N) is 2. The first-order chi connectivity index (χ1) is 15.3. The maximum atomic E-state index is 12.9. The van der Waals surface area contributed by atoms with E-state index in [-0.39, 0.29) is 11.5 Å². The van der Waals surface area contributed by atoms with Crippen molar-refractivity contribution in [1.82, 2.24) is 20.1 Å². The van der Waals surface area contributed by atoms with Gasteiger partial charge in [-0.05, 0) is 58.9 Å². The Kier molecular flexibility index (Phi) is 7.09. The summed E-state index contributed by atoms with van der Waals surface area (Å²) in [7, 11) is 0. The molecule has 2 heterocycles. The van der Waals surface area contributed by atoms with Gasteiger partial charge in [-0.15, -0.1) is 11.3 Å². The quantitative estimate of drug-likeness (QED) is 0.423. The number of hydrogen-bond donors (Lipinski definition) is 2. The lowest BCUT2D eigenvalue weighted by Gasteiger charge is -2.17. The fraction of sp³-hybridized carbons (Fsp3) is 0.304. The van der Waals surface area contributed by atoms with Crippen molar-refractivity contribution in [3.63, 3.8) is 0 Å². The summed E-state index contributed by atoms with van der Waals surface area (Å²) in [6.07, 6.45) is 0. The number of aryl methyl sites for hydroxylation is 2. The first-order valence-corrected chi connectivity index (χ1v) is 11.2. The number of hydrogen-bond acceptors (Lipinski definition) is 5. The van der Waals surface area contributed by atoms with E-state index in [1.807, 2.05) is 45.0 Å². The number of carbonyl (C=O) groups is 2. The molecule has 0 aliphatic rings. The average molecular weight is 454 g/mol. The van der Waals surface area contributed by atoms with Gasteiger partial charge in [0.2, 0.25) is 0 Å². The molecule has 1 aromatic carbocycles. The molecule has 2 aromatic heterocycles. The van der Waals surface area contributed by atoms with Crippen LogP contribution in [0.4, 0.5) is 0 Å². The third-order valence-corrected chi connectivity index (χ3v) is 6.21. The number of aromatic amines is 1. The van der Waals surface area contributed by atoms with E-state index in [1.54, 1.807) is 30.9 Å². The van der Waals surface area contributed by atoms with E-state index < -0.39 is 5.91 Å². The van der Waals surface area contributed by atoms with E-state index in [2.05, 4.69) is 15.6 Å². The molecule has 9 heteroatoms. The molecule has 8 nitrogen and oxygen atoms in total. The number of aromatic nitrogens is 2. The van der Waals surface area contributed by atoms with E-state index in [1.165, 1.54) is 4.68 Å². The highest BCUT2D eigenvalue weighted by molar-refractivity contribution is 7.15. The van der Waals surface area contributed by atoms with Crippen molar-refractivity contribution in [3.8, 4) is 5.69 Å². The molecule has 0 aliphatic carbocycles. The molecule has 0 saturated heterocycles. The number of carbonyl (C=O) groups excluding carboxylic acids is 2. The minimum absolute atomic E-state index is 0.0988. The Morgan fingerprint density at radius 3 is 2.31 bits per heavy atom. The van der Waals surface area contributed by atoms with Crippen LogP contribution < -0.4 is 11.0 Å². The van der Waals surface area contributed by atoms with Crippen molar-refractivity contribution in [1.29, 1.82) is 0 Å². The third-order valence-electron chi connectivity index (χ3n) is 5.14. The van der Waals surface area contributed by atoms with Gasteiger partial charge in [0.1, 0.15) is 0 Å². The maximum absolute atomic E-state index is 12.9. The van der Waals surface area contributed by atoms with Crippen LogP contribution in [0.2, 0.25) is 0 Å². The predicted octanol–water partition coefficient (Wildman–Crippen LogP) is 3.48. The number of H-pyrrole nitrogens is 1. The van der Waals surface area contributed by atoms with Crippen LogP contribution in [0.15, 0.2) is 46.3 Å². The van der Waals surface area contributed by atoms with Gasteiger partial charge in [-0.2, -0.15) is 5.10 Å². The van der Waals surface area contributed by atoms with Crippen molar-refractivity contribution < 1.29 is 9.59 Å². The normalized spacial score (nSPS) is 11.5. The van der Waals surface area contributed by atoms with Crippen LogP contribution in [0.1, 0.15) is 56.9 Å². The lowest BCUT2D eigenvalue weighted by molar-refractivity contribution is 0.0777. The fourth-order valence-corrected chi connectivity index (χ4v) is 4.20. The first-order valence-electron chi connectivity index (χ1n) is 10.4. The Morgan fingerprint density at radius 2 is 1.69 bits per heavy atom. The molecule has 0 aliphatic heterocycles. The standard InChI is InChI=1S/C23H27N5O3S/c1-6-27(7-2)22(30)19-13-12-18(32-19)21(29)25-24-15(4)20-16(5)26-28(23(20)31)17-10-8-14(3)9-11-17/h8-13,26H,6-7H2,1-5H3,(H,25,29)/b24-15+. The molecular formula is C23H27N5O3S. The Hall–Kier alpha value is -3.46. The maximum Gasteiger partial charge on any atom is 0.281 e. The monoisotopic (exact) mass is 453 g/mol. The van der Waals surface area contributed by atoms with Crippen molar-refractivity contribution in [2.45, 2.75) is 34.6 Å². The molecule has 3 rings (SSSR count). The van der Waals surface area contributed by atoms with Crippen LogP contribution in [-0.4, -0.2) is 45.3 Å². The Labute approximate surface area is 190 Å². The topological polar surface area (TPSA) is 99.6 Å². The smallest absolute Gasteiger partial charge is 0.281 e. The van der Waals surface area contributed by atoms with Gasteiger partial charge in [0, 0.05) is 18.8 Å². The molecule has 168 valence electrons. The summed E-state index contributed by atoms with van der Waals surface area (Å²) in [6, 6.07) is 10.8. The van der Waals surface area contributed by atoms with Crippen LogP contribution in [-0.2, 0) is 0 Å². The van der Waals surface area contributed by atoms with Crippen LogP contribution in [0, 0.1) is 13.8 Å². The largest absolute Gasteiger partial charge is 0.339 e. The first kappa shape index (κ1) is 23.2. The van der Waals surface area contributed by atoms with Crippen molar-refractivity contribution >= 4 is 28.9 Å². The lowest BCUT2D eigenvalue weighted by atomic mass is 10.2. The third kappa shape index (κ3) is 4.72. The SMILES string of the molecule is CCN(CC)C(=O)c1ccc(C(=O)N/N=C(\C)c2c(C)[nH]n(-c3ccc(C)cc3)c2=O)s1. The summed E-state index contributed by atoms with van der Waals surface area (Å²) in [5, 5.41) is 7.19. The highest BCUT2D eigenvalue weighted by Crippen LogP contribution is 2.18. The molecular weight excluding hydrogens is 426 g/mol. The van der Waals surface area contributed by atoms with E-state index in [0.717, 1.165) is 22.6 Å². The molecule has 0 unspecified atom stereocenters. The molecule has 3 aromatic rings. The number of thiophene rings is 1. The second-order valence-corrected chi connectivity index (χ2v) is 8.45. The van der Waals surface area contributed by atoms with E-state index in [4.69, 9.17) is 0 Å². The van der Waals surface area contributed by atoms with Gasteiger partial charge < -0.3 is 4.90 Å². The Bertz CT molecular complexity index is 1210. The summed E-state index contributed by atoms with van der Waals surface area (Å²) in [5.41, 5.74) is 5.49. The highest BCUT2D eigenvalue weighted by Gasteiger charge is 2.18. The van der Waals surface area contributed by atoms with Crippen LogP contribution in [0.25, 0.3) is 5.69 Å². The predicted molar refractivity (Wildman–Crippen MR) is 127 cm³/mol. The fourth-order valence-electron chi connectivity index (χ4n) is 3.34. The molecule has 0 spiro atoms. The second kappa shape index (κ2) is 9.78. The average Bonchev–Trinajstić information content (AvgIpc) is 3.38. The van der Waals surface area contributed by atoms with Crippen LogP contribution in [0.5, 0.6) is 0 Å². The molecule has 0 fully saturated rings. The van der Waals surface area contributed by atoms with Gasteiger partial charge in [-0.1, -0.05) is 17.7 Å². The summed E-state index contributed by atoms with van der Waals surface area (Å²) < 4.78 is 1.45. The van der Waals surface area contributed by atoms with Crippen LogP contribution in [0.3, 0.4) is 0 Å². The minimum atomic E-state index is -0.431. The number of hydrazone groups is 1. The summed E-state index contributed by atoms with van der Waals surface area (Å²) in [4.78, 5) is 40.5. The van der Waals surface area contributed by atoms with E-state index in [0.29, 0.717) is 39.8 Å². The number of amides is 2. The van der Waals surface area contributed by atoms with E-state index >= 15 is 0 Å². The Morgan fingerprint density at radius 1 is 1.06 bits per heavy atom. The number of nitrogens with zero attached hydrogens (tertiary/aromatic N) is 3. The van der Waals surface area contributed by atoms with Gasteiger partial charge >= 0.3 is 0 Å². The number of rotatable bonds is 7. The molecule has 0 saturated carbocycles. The van der Waals surface area contributed by atoms with Gasteiger partial charge in [-0.3, -0.25) is 19.5 Å². The molecule has 32 heavy (non-hydrogen) atoms. The van der Waals surface area contributed by atoms with Gasteiger partial charge in [0.25, 0.3) is 17.4 Å². The second-order valence-electron chi connectivity index (χ2n) is 7.37. The van der Waals surface area contributed by atoms with Crippen molar-refractivity contribution in [2.75, 3.05) is 13.1 Å². The van der Waals surface area contributed by atoms with Crippen molar-refractivity contribution in [3.05, 3.63) is 73.3 Å². The molecule has 0 bridgehead atoms. The summed E-state index contributed by atoms with van der Waals surface area (Å²) in [5.74, 6) is -0.529. The van der Waals surface area contributed by atoms with Gasteiger partial charge in [0.15, 0.2) is 0 Å². The summed E-state index contributed by atoms with van der Waals surface area (Å²) in [6.45, 7) is 10.5. The van der Waals surface area contributed by atoms with Crippen LogP contribution >= 0.6 is 11.3 Å². The van der Waals surface area contributed by atoms with Gasteiger partial charge in [0.05, 0.1) is 26.7 Å². The molecule has 0 radical (unpaired) electrons. The van der Waals surface area contributed by atoms with E-state index in [9.17, 15) is 14.4 Å². The van der Waals surface area contributed by atoms with Crippen molar-refractivity contribution in [2.24, 2.45) is 5.10 Å². The van der Waals surface area contributed by atoms with Gasteiger partial charge in [-0.25, -0.2) is 10.1 Å². The molecule has 2 amide bonds. The zero-order chi connectivity index (χ0) is 23.4. The summed E-state index contributed by atoms with van der Waals surface area (Å²) >= 11 is 1.12.